The average Bonchev–Trinajstić information content (AvgIpc) is 3.31. The Morgan fingerprint density at radius 3 is 2.38 bits per heavy atom. The van der Waals surface area contributed by atoms with Gasteiger partial charge in [0.1, 0.15) is 17.3 Å². The predicted octanol–water partition coefficient (Wildman–Crippen LogP) is 7.33. The zero-order valence-electron chi connectivity index (χ0n) is 18.0. The van der Waals surface area contributed by atoms with Gasteiger partial charge in [-0.05, 0) is 49.9 Å². The van der Waals surface area contributed by atoms with Gasteiger partial charge in [0.05, 0.1) is 17.7 Å². The molecule has 0 amide bonds. The van der Waals surface area contributed by atoms with Crippen molar-refractivity contribution in [3.63, 3.8) is 0 Å². The van der Waals surface area contributed by atoms with E-state index in [1.807, 2.05) is 41.5 Å². The molecule has 3 nitrogen and oxygen atoms in total. The Morgan fingerprint density at radius 2 is 1.90 bits per heavy atom. The fourth-order valence-electron chi connectivity index (χ4n) is 2.60. The van der Waals surface area contributed by atoms with Crippen molar-refractivity contribution in [1.82, 2.24) is 5.32 Å². The first-order valence-electron chi connectivity index (χ1n) is 9.98. The summed E-state index contributed by atoms with van der Waals surface area (Å²) in [5.74, 6) is 0.832. The number of nitrogens with zero attached hydrogens (tertiary/aromatic N) is 1. The minimum absolute atomic E-state index is 0.173. The lowest BCUT2D eigenvalue weighted by Crippen LogP contribution is -2.32. The van der Waals surface area contributed by atoms with Gasteiger partial charge in [-0.25, -0.2) is 0 Å². The van der Waals surface area contributed by atoms with Crippen LogP contribution in [0.4, 0.5) is 13.2 Å². The van der Waals surface area contributed by atoms with Gasteiger partial charge in [0.15, 0.2) is 0 Å². The summed E-state index contributed by atoms with van der Waals surface area (Å²) in [6, 6.07) is 3.48. The summed E-state index contributed by atoms with van der Waals surface area (Å²) in [5, 5.41) is 2.57. The molecule has 0 aliphatic carbocycles. The first kappa shape index (κ1) is 25.0. The van der Waals surface area contributed by atoms with Crippen molar-refractivity contribution in [3.8, 4) is 0 Å². The second kappa shape index (κ2) is 11.9. The summed E-state index contributed by atoms with van der Waals surface area (Å²) in [4.78, 5) is 6.32. The smallest absolute Gasteiger partial charge is 0.430 e. The standard InChI is InChI=1S/C20H25F3N2OS.C2H6/c1-5-7-10-17(20(21,22)23)25-19(24-12-15-9-8-11-26-15)18-14(4)13(3)16(6-2)27-18;1-2/h8-11H,5-7,12H2,1-4H3,(H,24,25);1-2H3/b17-10+;. The average molecular weight is 429 g/mol. The first-order valence-corrected chi connectivity index (χ1v) is 10.8. The number of allylic oxidation sites excluding steroid dienone is 2. The molecule has 0 aliphatic heterocycles. The van der Waals surface area contributed by atoms with Crippen molar-refractivity contribution in [3.05, 3.63) is 56.8 Å². The van der Waals surface area contributed by atoms with E-state index >= 15 is 0 Å². The van der Waals surface area contributed by atoms with Gasteiger partial charge in [-0.1, -0.05) is 40.2 Å². The normalized spacial score (nSPS) is 12.6. The Kier molecular flexibility index (Phi) is 10.2. The number of thiophene rings is 1. The second-order valence-corrected chi connectivity index (χ2v) is 7.34. The van der Waals surface area contributed by atoms with Crippen molar-refractivity contribution in [2.24, 2.45) is 4.99 Å². The van der Waals surface area contributed by atoms with Crippen molar-refractivity contribution >= 4 is 17.2 Å². The minimum Gasteiger partial charge on any atom is -0.467 e. The Hall–Kier alpha value is -2.02. The van der Waals surface area contributed by atoms with Gasteiger partial charge in [0, 0.05) is 4.88 Å². The highest BCUT2D eigenvalue weighted by Gasteiger charge is 2.35. The molecule has 0 saturated heterocycles. The van der Waals surface area contributed by atoms with Crippen LogP contribution in [0.5, 0.6) is 0 Å². The van der Waals surface area contributed by atoms with E-state index in [0.717, 1.165) is 27.3 Å². The number of aliphatic imine (C=N–C) groups is 1. The molecule has 0 bridgehead atoms. The minimum atomic E-state index is -4.46. The van der Waals surface area contributed by atoms with Crippen LogP contribution in [-0.4, -0.2) is 12.0 Å². The molecule has 162 valence electrons. The molecule has 0 aliphatic rings. The summed E-state index contributed by atoms with van der Waals surface area (Å²) < 4.78 is 45.7. The molecule has 7 heteroatoms. The van der Waals surface area contributed by atoms with E-state index in [0.29, 0.717) is 18.6 Å². The number of hydrogen-bond acceptors (Lipinski definition) is 3. The Labute approximate surface area is 175 Å². The predicted molar refractivity (Wildman–Crippen MR) is 116 cm³/mol. The molecule has 0 saturated carbocycles. The van der Waals surface area contributed by atoms with Gasteiger partial charge in [-0.3, -0.25) is 4.99 Å². The molecular weight excluding hydrogens is 397 g/mol. The summed E-state index contributed by atoms with van der Waals surface area (Å²) >= 11 is 1.49. The fourth-order valence-corrected chi connectivity index (χ4v) is 3.82. The number of hydrogen-bond donors (Lipinski definition) is 1. The number of aryl methyl sites for hydroxylation is 1. The van der Waals surface area contributed by atoms with Crippen LogP contribution in [0.15, 0.2) is 39.6 Å². The Balaban J connectivity index is 0.00000204. The lowest BCUT2D eigenvalue weighted by molar-refractivity contribution is -0.0951. The van der Waals surface area contributed by atoms with Crippen LogP contribution in [0, 0.1) is 13.8 Å². The summed E-state index contributed by atoms with van der Waals surface area (Å²) in [6.07, 6.45) is 0.0666. The summed E-state index contributed by atoms with van der Waals surface area (Å²) in [5.41, 5.74) is 1.29. The van der Waals surface area contributed by atoms with Gasteiger partial charge in [-0.2, -0.15) is 13.2 Å². The van der Waals surface area contributed by atoms with Gasteiger partial charge in [-0.15, -0.1) is 11.3 Å². The molecule has 0 atom stereocenters. The molecule has 29 heavy (non-hydrogen) atoms. The lowest BCUT2D eigenvalue weighted by atomic mass is 10.1. The zero-order chi connectivity index (χ0) is 22.0. The third kappa shape index (κ3) is 7.07. The molecule has 0 aromatic carbocycles. The van der Waals surface area contributed by atoms with Crippen LogP contribution in [0.25, 0.3) is 0 Å². The van der Waals surface area contributed by atoms with Gasteiger partial charge in [0.2, 0.25) is 0 Å². The molecule has 2 aromatic heterocycles. The Bertz CT molecular complexity index is 803. The van der Waals surface area contributed by atoms with E-state index in [2.05, 4.69) is 10.3 Å². The molecule has 2 rings (SSSR count). The van der Waals surface area contributed by atoms with E-state index < -0.39 is 11.9 Å². The van der Waals surface area contributed by atoms with Crippen molar-refractivity contribution in [2.45, 2.75) is 73.5 Å². The van der Waals surface area contributed by atoms with Crippen molar-refractivity contribution in [1.29, 1.82) is 0 Å². The van der Waals surface area contributed by atoms with Gasteiger partial charge >= 0.3 is 6.18 Å². The van der Waals surface area contributed by atoms with Crippen LogP contribution in [0.2, 0.25) is 0 Å². The number of nitrogens with one attached hydrogen (secondary N) is 1. The van der Waals surface area contributed by atoms with E-state index in [9.17, 15) is 13.2 Å². The van der Waals surface area contributed by atoms with Crippen molar-refractivity contribution < 1.29 is 17.6 Å². The van der Waals surface area contributed by atoms with Crippen LogP contribution in [-0.2, 0) is 13.0 Å². The number of furan rings is 1. The van der Waals surface area contributed by atoms with Crippen molar-refractivity contribution in [2.75, 3.05) is 0 Å². The number of amidine groups is 1. The maximum Gasteiger partial charge on any atom is 0.430 e. The zero-order valence-corrected chi connectivity index (χ0v) is 18.9. The quantitative estimate of drug-likeness (QED) is 0.370. The van der Waals surface area contributed by atoms with Crippen LogP contribution in [0.3, 0.4) is 0 Å². The molecule has 0 radical (unpaired) electrons. The highest BCUT2D eigenvalue weighted by atomic mass is 32.1. The number of unbranched alkanes of at least 4 members (excludes halogenated alkanes) is 1. The summed E-state index contributed by atoms with van der Waals surface area (Å²) in [6.45, 7) is 12.0. The third-order valence-electron chi connectivity index (χ3n) is 4.25. The fraction of sp³-hybridized carbons (Fsp3) is 0.500. The van der Waals surface area contributed by atoms with Crippen LogP contribution in [0.1, 0.15) is 67.2 Å². The molecule has 0 fully saturated rings. The first-order chi connectivity index (χ1) is 13.8. The number of rotatable bonds is 7. The van der Waals surface area contributed by atoms with Gasteiger partial charge < -0.3 is 9.73 Å². The molecular formula is C22H31F3N2OS. The highest BCUT2D eigenvalue weighted by Crippen LogP contribution is 2.30. The van der Waals surface area contributed by atoms with Crippen LogP contribution >= 0.6 is 11.3 Å². The number of alkyl halides is 3. The molecule has 2 aromatic rings. The third-order valence-corrected chi connectivity index (χ3v) is 5.80. The molecule has 0 spiro atoms. The second-order valence-electron chi connectivity index (χ2n) is 6.23. The van der Waals surface area contributed by atoms with E-state index in [1.165, 1.54) is 23.7 Å². The maximum atomic E-state index is 13.5. The molecule has 0 unspecified atom stereocenters. The highest BCUT2D eigenvalue weighted by molar-refractivity contribution is 7.14. The molecule has 2 heterocycles. The topological polar surface area (TPSA) is 37.5 Å². The largest absolute Gasteiger partial charge is 0.467 e. The monoisotopic (exact) mass is 428 g/mol. The maximum absolute atomic E-state index is 13.5. The van der Waals surface area contributed by atoms with Gasteiger partial charge in [0.25, 0.3) is 0 Å². The van der Waals surface area contributed by atoms with E-state index in [-0.39, 0.29) is 12.4 Å². The van der Waals surface area contributed by atoms with E-state index in [1.54, 1.807) is 12.1 Å². The van der Waals surface area contributed by atoms with Crippen LogP contribution < -0.4 is 5.32 Å². The Morgan fingerprint density at radius 1 is 1.21 bits per heavy atom. The molecule has 1 N–H and O–H groups in total. The lowest BCUT2D eigenvalue weighted by Gasteiger charge is -2.16. The number of halogens is 3. The van der Waals surface area contributed by atoms with E-state index in [4.69, 9.17) is 4.42 Å². The SMILES string of the molecule is CC.CCC/C=C(/NC(=NCc1ccco1)c1sc(CC)c(C)c1C)C(F)(F)F. The summed E-state index contributed by atoms with van der Waals surface area (Å²) in [7, 11) is 0.